The molecule has 36 heavy (non-hydrogen) atoms. The summed E-state index contributed by atoms with van der Waals surface area (Å²) in [6.45, 7) is 0.381. The van der Waals surface area contributed by atoms with Crippen LogP contribution in [0.25, 0.3) is 21.3 Å². The third-order valence-electron chi connectivity index (χ3n) is 5.53. The van der Waals surface area contributed by atoms with Gasteiger partial charge in [-0.15, -0.1) is 11.3 Å². The Kier molecular flexibility index (Phi) is 6.61. The first kappa shape index (κ1) is 23.5. The molecule has 5 aromatic rings. The summed E-state index contributed by atoms with van der Waals surface area (Å²) in [5.41, 5.74) is 11.7. The summed E-state index contributed by atoms with van der Waals surface area (Å²) in [5, 5.41) is 2.15. The monoisotopic (exact) mass is 502 g/mol. The van der Waals surface area contributed by atoms with E-state index in [2.05, 4.69) is 20.4 Å². The van der Waals surface area contributed by atoms with Crippen LogP contribution in [0.15, 0.2) is 79.4 Å². The molecule has 0 saturated heterocycles. The predicted octanol–water partition coefficient (Wildman–Crippen LogP) is 4.96. The van der Waals surface area contributed by atoms with Crippen molar-refractivity contribution in [3.63, 3.8) is 0 Å². The second-order valence-corrected chi connectivity index (χ2v) is 9.14. The number of hydrogen-bond acceptors (Lipinski definition) is 7. The molecule has 3 heterocycles. The second-order valence-electron chi connectivity index (χ2n) is 7.97. The first-order valence-electron chi connectivity index (χ1n) is 11.0. The van der Waals surface area contributed by atoms with Crippen LogP contribution in [0.3, 0.4) is 0 Å². The smallest absolute Gasteiger partial charge is 0.269 e. The molecule has 3 N–H and O–H groups in total. The number of nitrogens with one attached hydrogen (secondary N) is 1. The van der Waals surface area contributed by atoms with Crippen molar-refractivity contribution < 1.29 is 13.6 Å². The molecule has 0 atom stereocenters. The molecule has 0 spiro atoms. The van der Waals surface area contributed by atoms with Crippen molar-refractivity contribution in [2.24, 2.45) is 0 Å². The first-order chi connectivity index (χ1) is 17.5. The SMILES string of the molecule is Nc1ncnc2ccc(-c3ccc(CNN(Cc4ccc(F)c(F)c4)C(=O)c4cccnc4)s3)cc12. The van der Waals surface area contributed by atoms with Crippen LogP contribution in [0, 0.1) is 11.6 Å². The third kappa shape index (κ3) is 5.04. The van der Waals surface area contributed by atoms with Crippen molar-refractivity contribution in [3.05, 3.63) is 107 Å². The number of rotatable bonds is 7. The molecule has 0 saturated carbocycles. The van der Waals surface area contributed by atoms with Crippen LogP contribution in [0.2, 0.25) is 0 Å². The number of anilines is 1. The summed E-state index contributed by atoms with van der Waals surface area (Å²) in [5.74, 6) is -1.83. The van der Waals surface area contributed by atoms with Crippen molar-refractivity contribution in [3.8, 4) is 10.4 Å². The van der Waals surface area contributed by atoms with Crippen molar-refractivity contribution in [2.75, 3.05) is 5.73 Å². The van der Waals surface area contributed by atoms with Crippen LogP contribution in [0.1, 0.15) is 20.8 Å². The molecular formula is C26H20F2N6OS. The van der Waals surface area contributed by atoms with E-state index in [1.165, 1.54) is 23.6 Å². The van der Waals surface area contributed by atoms with Crippen LogP contribution in [0.4, 0.5) is 14.6 Å². The Hall–Kier alpha value is -4.28. The second kappa shape index (κ2) is 10.1. The normalized spacial score (nSPS) is 11.1. The Morgan fingerprint density at radius 2 is 1.92 bits per heavy atom. The van der Waals surface area contributed by atoms with Gasteiger partial charge in [-0.25, -0.2) is 24.2 Å². The summed E-state index contributed by atoms with van der Waals surface area (Å²) in [4.78, 5) is 27.4. The van der Waals surface area contributed by atoms with Gasteiger partial charge in [0.2, 0.25) is 0 Å². The standard InChI is InChI=1S/C26H20F2N6OS/c27-21-6-3-16(10-22(21)28)14-34(26(35)18-2-1-9-30-12-18)33-13-19-5-8-24(36-19)17-4-7-23-20(11-17)25(29)32-15-31-23/h1-12,15,33H,13-14H2,(H2,29,31,32). The number of nitrogens with two attached hydrogens (primary N) is 1. The molecule has 0 fully saturated rings. The van der Waals surface area contributed by atoms with Crippen molar-refractivity contribution in [2.45, 2.75) is 13.1 Å². The van der Waals surface area contributed by atoms with E-state index in [1.807, 2.05) is 30.3 Å². The van der Waals surface area contributed by atoms with Crippen LogP contribution in [-0.4, -0.2) is 25.9 Å². The highest BCUT2D eigenvalue weighted by Crippen LogP contribution is 2.31. The van der Waals surface area contributed by atoms with Gasteiger partial charge < -0.3 is 5.73 Å². The van der Waals surface area contributed by atoms with Crippen LogP contribution in [0.5, 0.6) is 0 Å². The fraction of sp³-hybridized carbons (Fsp3) is 0.0769. The molecule has 0 aliphatic heterocycles. The van der Waals surface area contributed by atoms with Gasteiger partial charge in [-0.1, -0.05) is 12.1 Å². The van der Waals surface area contributed by atoms with Gasteiger partial charge in [0.05, 0.1) is 17.6 Å². The third-order valence-corrected chi connectivity index (χ3v) is 6.67. The topological polar surface area (TPSA) is 97.0 Å². The highest BCUT2D eigenvalue weighted by Gasteiger charge is 2.18. The average Bonchev–Trinajstić information content (AvgIpc) is 3.38. The number of nitrogen functional groups attached to an aromatic ring is 1. The number of halogens is 2. The molecule has 180 valence electrons. The lowest BCUT2D eigenvalue weighted by Crippen LogP contribution is -2.41. The Labute approximate surface area is 209 Å². The van der Waals surface area contributed by atoms with E-state index in [0.717, 1.165) is 38.4 Å². The molecular weight excluding hydrogens is 482 g/mol. The van der Waals surface area contributed by atoms with Crippen molar-refractivity contribution >= 4 is 34.0 Å². The van der Waals surface area contributed by atoms with Crippen molar-refractivity contribution in [1.29, 1.82) is 0 Å². The number of thiophene rings is 1. The van der Waals surface area contributed by atoms with E-state index in [9.17, 15) is 13.6 Å². The molecule has 0 bridgehead atoms. The van der Waals surface area contributed by atoms with E-state index in [0.29, 0.717) is 23.5 Å². The minimum Gasteiger partial charge on any atom is -0.383 e. The fourth-order valence-corrected chi connectivity index (χ4v) is 4.63. The molecule has 1 amide bonds. The maximum atomic E-state index is 13.8. The van der Waals surface area contributed by atoms with Crippen LogP contribution in [-0.2, 0) is 13.1 Å². The lowest BCUT2D eigenvalue weighted by molar-refractivity contribution is 0.0633. The summed E-state index contributed by atoms with van der Waals surface area (Å²) < 4.78 is 27.2. The zero-order valence-electron chi connectivity index (χ0n) is 18.9. The number of carbonyl (C=O) groups is 1. The lowest BCUT2D eigenvalue weighted by Gasteiger charge is -2.23. The van der Waals surface area contributed by atoms with Crippen LogP contribution >= 0.6 is 11.3 Å². The maximum absolute atomic E-state index is 13.8. The van der Waals surface area contributed by atoms with E-state index >= 15 is 0 Å². The van der Waals surface area contributed by atoms with E-state index in [1.54, 1.807) is 29.7 Å². The molecule has 5 rings (SSSR count). The molecule has 0 radical (unpaired) electrons. The number of hydrazine groups is 1. The molecule has 0 aliphatic carbocycles. The van der Waals surface area contributed by atoms with Gasteiger partial charge in [0, 0.05) is 34.1 Å². The van der Waals surface area contributed by atoms with Gasteiger partial charge in [0.25, 0.3) is 5.91 Å². The first-order valence-corrected chi connectivity index (χ1v) is 11.8. The fourth-order valence-electron chi connectivity index (χ4n) is 3.70. The van der Waals surface area contributed by atoms with E-state index in [4.69, 9.17) is 5.73 Å². The number of carbonyl (C=O) groups excluding carboxylic acids is 1. The summed E-state index contributed by atoms with van der Waals surface area (Å²) in [6.07, 6.45) is 4.47. The van der Waals surface area contributed by atoms with Gasteiger partial charge in [-0.05, 0) is 59.7 Å². The number of fused-ring (bicyclic) bond motifs is 1. The van der Waals surface area contributed by atoms with Crippen molar-refractivity contribution in [1.82, 2.24) is 25.4 Å². The summed E-state index contributed by atoms with van der Waals surface area (Å²) >= 11 is 1.56. The Balaban J connectivity index is 1.36. The van der Waals surface area contributed by atoms with Gasteiger partial charge in [0.15, 0.2) is 11.6 Å². The highest BCUT2D eigenvalue weighted by molar-refractivity contribution is 7.15. The minimum atomic E-state index is -0.967. The minimum absolute atomic E-state index is 0.0348. The molecule has 0 aliphatic rings. The largest absolute Gasteiger partial charge is 0.383 e. The number of benzene rings is 2. The Morgan fingerprint density at radius 1 is 1.03 bits per heavy atom. The molecule has 2 aromatic carbocycles. The Bertz CT molecular complexity index is 1540. The van der Waals surface area contributed by atoms with Gasteiger partial charge in [-0.2, -0.15) is 0 Å². The average molecular weight is 503 g/mol. The van der Waals surface area contributed by atoms with Gasteiger partial charge in [-0.3, -0.25) is 14.8 Å². The predicted molar refractivity (Wildman–Crippen MR) is 135 cm³/mol. The molecule has 7 nitrogen and oxygen atoms in total. The number of pyridine rings is 1. The lowest BCUT2D eigenvalue weighted by atomic mass is 10.1. The molecule has 3 aromatic heterocycles. The van der Waals surface area contributed by atoms with E-state index in [-0.39, 0.29) is 12.5 Å². The zero-order chi connectivity index (χ0) is 25.1. The number of hydrogen-bond donors (Lipinski definition) is 2. The zero-order valence-corrected chi connectivity index (χ0v) is 19.7. The molecule has 0 unspecified atom stereocenters. The number of nitrogens with zero attached hydrogens (tertiary/aromatic N) is 4. The maximum Gasteiger partial charge on any atom is 0.269 e. The number of aromatic nitrogens is 3. The summed E-state index contributed by atoms with van der Waals surface area (Å²) in [6, 6.07) is 16.7. The Morgan fingerprint density at radius 3 is 2.72 bits per heavy atom. The quantitative estimate of drug-likeness (QED) is 0.305. The van der Waals surface area contributed by atoms with E-state index < -0.39 is 11.6 Å². The highest BCUT2D eigenvalue weighted by atomic mass is 32.1. The van der Waals surface area contributed by atoms with Gasteiger partial charge in [0.1, 0.15) is 12.1 Å². The van der Waals surface area contributed by atoms with Crippen LogP contribution < -0.4 is 11.2 Å². The summed E-state index contributed by atoms with van der Waals surface area (Å²) in [7, 11) is 0. The molecule has 10 heteroatoms. The number of amides is 1. The van der Waals surface area contributed by atoms with Gasteiger partial charge >= 0.3 is 0 Å².